The molecular weight excluding hydrogens is 478 g/mol. The molecule has 2 unspecified atom stereocenters. The number of pyridine rings is 1. The van der Waals surface area contributed by atoms with Crippen molar-refractivity contribution in [2.45, 2.75) is 19.0 Å². The van der Waals surface area contributed by atoms with Crippen molar-refractivity contribution in [2.75, 3.05) is 4.90 Å². The molecule has 180 valence electrons. The van der Waals surface area contributed by atoms with E-state index < -0.39 is 18.0 Å². The van der Waals surface area contributed by atoms with E-state index in [9.17, 15) is 19.8 Å². The molecule has 1 aliphatic rings. The van der Waals surface area contributed by atoms with E-state index in [2.05, 4.69) is 10.3 Å². The molecule has 2 aromatic carbocycles. The number of benzene rings is 2. The van der Waals surface area contributed by atoms with Crippen LogP contribution in [0.25, 0.3) is 11.3 Å². The second-order valence-corrected chi connectivity index (χ2v) is 8.83. The van der Waals surface area contributed by atoms with E-state index in [1.54, 1.807) is 18.3 Å². The van der Waals surface area contributed by atoms with Crippen LogP contribution in [0.2, 0.25) is 0 Å². The van der Waals surface area contributed by atoms with Crippen molar-refractivity contribution < 1.29 is 24.2 Å². The molecule has 0 amide bonds. The van der Waals surface area contributed by atoms with E-state index in [0.717, 1.165) is 23.0 Å². The van der Waals surface area contributed by atoms with E-state index in [4.69, 9.17) is 16.6 Å². The van der Waals surface area contributed by atoms with Crippen LogP contribution in [-0.2, 0) is 0 Å². The molecule has 0 saturated carbocycles. The van der Waals surface area contributed by atoms with Gasteiger partial charge in [-0.3, -0.25) is 4.98 Å². The summed E-state index contributed by atoms with van der Waals surface area (Å²) in [4.78, 5) is 29.6. The van der Waals surface area contributed by atoms with Gasteiger partial charge in [-0.1, -0.05) is 23.8 Å². The topological polar surface area (TPSA) is 116 Å². The first-order chi connectivity index (χ1) is 17.3. The fraction of sp³-hybridized carbons (Fsp3) is 0.111. The van der Waals surface area contributed by atoms with Gasteiger partial charge in [-0.15, -0.1) is 0 Å². The summed E-state index contributed by atoms with van der Waals surface area (Å²) in [5, 5.41) is 22.8. The van der Waals surface area contributed by atoms with Crippen LogP contribution in [0.4, 0.5) is 5.69 Å². The van der Waals surface area contributed by atoms with E-state index in [-0.39, 0.29) is 17.2 Å². The largest absolute Gasteiger partial charge is 0.478 e. The minimum atomic E-state index is -1.22. The van der Waals surface area contributed by atoms with E-state index in [1.165, 1.54) is 12.1 Å². The average Bonchev–Trinajstić information content (AvgIpc) is 3.49. The number of hydrogen-bond acceptors (Lipinski definition) is 5. The van der Waals surface area contributed by atoms with Gasteiger partial charge in [0.2, 0.25) is 0 Å². The molecule has 0 aliphatic carbocycles. The number of furan rings is 1. The molecule has 1 aliphatic heterocycles. The predicted octanol–water partition coefficient (Wildman–Crippen LogP) is 5.22. The Kier molecular flexibility index (Phi) is 5.99. The minimum absolute atomic E-state index is 0.140. The fourth-order valence-electron chi connectivity index (χ4n) is 4.31. The smallest absolute Gasteiger partial charge is 0.335 e. The molecule has 5 rings (SSSR count). The quantitative estimate of drug-likeness (QED) is 0.307. The molecule has 36 heavy (non-hydrogen) atoms. The first-order valence-electron chi connectivity index (χ1n) is 11.1. The number of nitrogens with zero attached hydrogens (tertiary/aromatic N) is 2. The van der Waals surface area contributed by atoms with Crippen molar-refractivity contribution in [3.05, 3.63) is 107 Å². The average molecular weight is 500 g/mol. The van der Waals surface area contributed by atoms with Crippen molar-refractivity contribution in [1.82, 2.24) is 10.3 Å². The lowest BCUT2D eigenvalue weighted by Gasteiger charge is -2.26. The Morgan fingerprint density at radius 3 is 2.28 bits per heavy atom. The maximum atomic E-state index is 11.6. The van der Waals surface area contributed by atoms with Crippen LogP contribution in [0.15, 0.2) is 83.4 Å². The zero-order valence-electron chi connectivity index (χ0n) is 19.1. The standard InChI is InChI=1S/C27H21N3O5S/c1-15-5-7-19(8-6-15)30-24(23(29-27(30)36)20-4-2-3-11-28-20)22-10-9-21(35-22)16-12-17(25(31)32)14-18(13-16)26(33)34/h2-14,23-24H,1H3,(H,29,36)(H,31,32)(H,33,34). The summed E-state index contributed by atoms with van der Waals surface area (Å²) in [6.07, 6.45) is 1.71. The highest BCUT2D eigenvalue weighted by Crippen LogP contribution is 2.43. The van der Waals surface area contributed by atoms with Gasteiger partial charge >= 0.3 is 11.9 Å². The molecule has 0 bridgehead atoms. The first kappa shape index (κ1) is 23.3. The number of nitrogens with one attached hydrogen (secondary N) is 1. The second kappa shape index (κ2) is 9.27. The van der Waals surface area contributed by atoms with Crippen LogP contribution in [-0.4, -0.2) is 32.2 Å². The SMILES string of the molecule is Cc1ccc(N2C(=S)NC(c3ccccn3)C2c2ccc(-c3cc(C(=O)O)cc(C(=O)O)c3)o2)cc1. The molecule has 0 radical (unpaired) electrons. The van der Waals surface area contributed by atoms with Crippen LogP contribution in [0.3, 0.4) is 0 Å². The van der Waals surface area contributed by atoms with Gasteiger partial charge in [0.05, 0.1) is 22.9 Å². The number of carboxylic acids is 2. The van der Waals surface area contributed by atoms with Gasteiger partial charge in [0, 0.05) is 17.4 Å². The van der Waals surface area contributed by atoms with Crippen molar-refractivity contribution in [2.24, 2.45) is 0 Å². The van der Waals surface area contributed by atoms with Crippen molar-refractivity contribution in [1.29, 1.82) is 0 Å². The van der Waals surface area contributed by atoms with Crippen molar-refractivity contribution in [3.63, 3.8) is 0 Å². The summed E-state index contributed by atoms with van der Waals surface area (Å²) in [7, 11) is 0. The molecule has 4 aromatic rings. The third kappa shape index (κ3) is 4.32. The van der Waals surface area contributed by atoms with Gasteiger partial charge in [-0.25, -0.2) is 9.59 Å². The number of thiocarbonyl (C=S) groups is 1. The number of carboxylic acid groups (broad SMARTS) is 2. The maximum absolute atomic E-state index is 11.6. The zero-order valence-corrected chi connectivity index (χ0v) is 19.9. The Morgan fingerprint density at radius 2 is 1.67 bits per heavy atom. The summed E-state index contributed by atoms with van der Waals surface area (Å²) < 4.78 is 6.24. The van der Waals surface area contributed by atoms with Gasteiger partial charge in [0.1, 0.15) is 17.6 Å². The molecule has 8 nitrogen and oxygen atoms in total. The lowest BCUT2D eigenvalue weighted by molar-refractivity contribution is 0.0696. The number of hydrogen-bond donors (Lipinski definition) is 3. The molecule has 1 fully saturated rings. The Hall–Kier alpha value is -4.50. The van der Waals surface area contributed by atoms with Gasteiger partial charge in [0.25, 0.3) is 0 Å². The lowest BCUT2D eigenvalue weighted by atomic mass is 10.0. The summed E-state index contributed by atoms with van der Waals surface area (Å²) in [6.45, 7) is 2.01. The minimum Gasteiger partial charge on any atom is -0.478 e. The normalized spacial score (nSPS) is 17.1. The lowest BCUT2D eigenvalue weighted by Crippen LogP contribution is -2.29. The summed E-state index contributed by atoms with van der Waals surface area (Å²) in [5.74, 6) is -1.54. The number of aryl methyl sites for hydroxylation is 1. The van der Waals surface area contributed by atoms with Gasteiger partial charge in [-0.05, 0) is 73.7 Å². The molecule has 3 N–H and O–H groups in total. The van der Waals surface area contributed by atoms with Crippen LogP contribution >= 0.6 is 12.2 Å². The molecule has 3 heterocycles. The molecule has 0 spiro atoms. The Labute approximate surface area is 211 Å². The number of anilines is 1. The van der Waals surface area contributed by atoms with Crippen LogP contribution in [0.1, 0.15) is 49.8 Å². The van der Waals surface area contributed by atoms with Crippen LogP contribution < -0.4 is 10.2 Å². The summed E-state index contributed by atoms with van der Waals surface area (Å²) in [5.41, 5.74) is 2.84. The molecule has 2 atom stereocenters. The predicted molar refractivity (Wildman–Crippen MR) is 137 cm³/mol. The Morgan fingerprint density at radius 1 is 0.972 bits per heavy atom. The molecule has 2 aromatic heterocycles. The Balaban J connectivity index is 1.61. The fourth-order valence-corrected chi connectivity index (χ4v) is 4.66. The Bertz CT molecular complexity index is 1430. The first-order valence-corrected chi connectivity index (χ1v) is 11.5. The molecule has 9 heteroatoms. The number of aromatic carboxylic acids is 2. The molecule has 1 saturated heterocycles. The maximum Gasteiger partial charge on any atom is 0.335 e. The highest BCUT2D eigenvalue weighted by atomic mass is 32.1. The van der Waals surface area contributed by atoms with Gasteiger partial charge in [-0.2, -0.15) is 0 Å². The van der Waals surface area contributed by atoms with Crippen LogP contribution in [0, 0.1) is 6.92 Å². The number of aromatic nitrogens is 1. The number of carbonyl (C=O) groups is 2. The van der Waals surface area contributed by atoms with E-state index in [1.807, 2.05) is 54.3 Å². The highest BCUT2D eigenvalue weighted by Gasteiger charge is 2.42. The number of rotatable bonds is 6. The van der Waals surface area contributed by atoms with E-state index >= 15 is 0 Å². The van der Waals surface area contributed by atoms with Crippen molar-refractivity contribution >= 4 is 35.0 Å². The second-order valence-electron chi connectivity index (χ2n) is 8.44. The van der Waals surface area contributed by atoms with Gasteiger partial charge in [0.15, 0.2) is 5.11 Å². The molecular formula is C27H21N3O5S. The zero-order chi connectivity index (χ0) is 25.4. The van der Waals surface area contributed by atoms with Crippen LogP contribution in [0.5, 0.6) is 0 Å². The third-order valence-corrected chi connectivity index (χ3v) is 6.35. The van der Waals surface area contributed by atoms with Crippen molar-refractivity contribution in [3.8, 4) is 11.3 Å². The third-order valence-electron chi connectivity index (χ3n) is 6.04. The summed E-state index contributed by atoms with van der Waals surface area (Å²) >= 11 is 5.72. The summed E-state index contributed by atoms with van der Waals surface area (Å²) in [6, 6.07) is 20.3. The highest BCUT2D eigenvalue weighted by molar-refractivity contribution is 7.80. The monoisotopic (exact) mass is 499 g/mol. The van der Waals surface area contributed by atoms with E-state index in [0.29, 0.717) is 22.2 Å². The van der Waals surface area contributed by atoms with Gasteiger partial charge < -0.3 is 24.8 Å².